The molecule has 13 heteroatoms. The number of amidine groups is 1. The van der Waals surface area contributed by atoms with Crippen LogP contribution in [-0.4, -0.2) is 53.8 Å². The second-order valence-electron chi connectivity index (χ2n) is 9.38. The van der Waals surface area contributed by atoms with Crippen molar-refractivity contribution in [2.24, 2.45) is 4.99 Å². The van der Waals surface area contributed by atoms with Gasteiger partial charge in [0.05, 0.1) is 29.9 Å². The third kappa shape index (κ3) is 6.04. The van der Waals surface area contributed by atoms with E-state index in [1.807, 2.05) is 0 Å². The van der Waals surface area contributed by atoms with Gasteiger partial charge in [0.15, 0.2) is 0 Å². The van der Waals surface area contributed by atoms with Gasteiger partial charge in [0.25, 0.3) is 5.91 Å². The number of aliphatic imine (C=N–C) groups is 1. The molecule has 1 unspecified atom stereocenters. The van der Waals surface area contributed by atoms with Crippen molar-refractivity contribution >= 4 is 50.5 Å². The molecular formula is C28H22ClF3N4O4S. The number of halogens is 4. The lowest BCUT2D eigenvalue weighted by atomic mass is 10.1. The molecule has 2 heterocycles. The molecule has 212 valence electrons. The van der Waals surface area contributed by atoms with Gasteiger partial charge in [-0.25, -0.2) is 4.21 Å². The fraction of sp³-hybridized carbons (Fsp3) is 0.179. The number of hydrogen-bond donors (Lipinski definition) is 2. The summed E-state index contributed by atoms with van der Waals surface area (Å²) in [6, 6.07) is 14.6. The summed E-state index contributed by atoms with van der Waals surface area (Å²) in [5.74, 6) is -0.624. The highest BCUT2D eigenvalue weighted by molar-refractivity contribution is 8.05. The van der Waals surface area contributed by atoms with Crippen LogP contribution in [0, 0.1) is 0 Å². The van der Waals surface area contributed by atoms with Crippen molar-refractivity contribution in [3.63, 3.8) is 0 Å². The van der Waals surface area contributed by atoms with Crippen LogP contribution in [0.4, 0.5) is 13.2 Å². The van der Waals surface area contributed by atoms with Gasteiger partial charge in [-0.05, 0) is 59.2 Å². The van der Waals surface area contributed by atoms with Gasteiger partial charge in [0, 0.05) is 24.0 Å². The number of nitrogens with zero attached hydrogens (tertiary/aromatic N) is 4. The van der Waals surface area contributed by atoms with Gasteiger partial charge in [0.2, 0.25) is 5.17 Å². The van der Waals surface area contributed by atoms with Crippen molar-refractivity contribution in [3.8, 4) is 5.75 Å². The minimum atomic E-state index is -4.58. The van der Waals surface area contributed by atoms with Crippen LogP contribution >= 0.6 is 11.6 Å². The molecule has 1 amide bonds. The fourth-order valence-electron chi connectivity index (χ4n) is 4.43. The number of hydrogen-bond acceptors (Lipinski definition) is 6. The molecule has 0 saturated carbocycles. The SMILES string of the molecule is CN(CC(O)c1ccc(O)cc1)C1=NC(=O)C(=Cc2ccc3c(cnn3Cc3ccc(Cl)cc3C(F)(F)F)c2)[S@@]1=O. The molecule has 0 fully saturated rings. The number of phenolic OH excluding ortho intramolecular Hbond substituents is 1. The Morgan fingerprint density at radius 2 is 1.85 bits per heavy atom. The average molecular weight is 603 g/mol. The van der Waals surface area contributed by atoms with E-state index >= 15 is 0 Å². The highest BCUT2D eigenvalue weighted by atomic mass is 35.5. The van der Waals surface area contributed by atoms with Crippen LogP contribution in [0.5, 0.6) is 5.75 Å². The minimum Gasteiger partial charge on any atom is -0.508 e. The Morgan fingerprint density at radius 1 is 1.12 bits per heavy atom. The number of benzene rings is 3. The Balaban J connectivity index is 1.34. The Hall–Kier alpha value is -4.00. The van der Waals surface area contributed by atoms with Crippen molar-refractivity contribution in [2.75, 3.05) is 13.6 Å². The van der Waals surface area contributed by atoms with Crippen molar-refractivity contribution in [2.45, 2.75) is 18.8 Å². The molecule has 0 bridgehead atoms. The summed E-state index contributed by atoms with van der Waals surface area (Å²) in [6.45, 7) is -0.136. The van der Waals surface area contributed by atoms with Crippen molar-refractivity contribution in [3.05, 3.63) is 99.0 Å². The molecule has 3 aromatic carbocycles. The maximum atomic E-state index is 13.5. The number of aliphatic hydroxyl groups excluding tert-OH is 1. The van der Waals surface area contributed by atoms with Gasteiger partial charge in [-0.15, -0.1) is 0 Å². The maximum absolute atomic E-state index is 13.5. The average Bonchev–Trinajstić information content (AvgIpc) is 3.44. The number of aromatic nitrogens is 2. The van der Waals surface area contributed by atoms with E-state index in [0.29, 0.717) is 22.0 Å². The van der Waals surface area contributed by atoms with E-state index in [1.54, 1.807) is 37.4 Å². The van der Waals surface area contributed by atoms with Crippen molar-refractivity contribution < 1.29 is 32.4 Å². The second kappa shape index (κ2) is 11.1. The molecule has 2 atom stereocenters. The predicted octanol–water partition coefficient (Wildman–Crippen LogP) is 5.11. The Kier molecular flexibility index (Phi) is 7.73. The van der Waals surface area contributed by atoms with E-state index in [-0.39, 0.29) is 39.5 Å². The number of amides is 1. The van der Waals surface area contributed by atoms with Crippen LogP contribution in [0.15, 0.2) is 76.8 Å². The number of fused-ring (bicyclic) bond motifs is 1. The van der Waals surface area contributed by atoms with Gasteiger partial charge in [-0.2, -0.15) is 23.3 Å². The summed E-state index contributed by atoms with van der Waals surface area (Å²) in [4.78, 5) is 17.9. The van der Waals surface area contributed by atoms with Crippen molar-refractivity contribution in [1.29, 1.82) is 0 Å². The van der Waals surface area contributed by atoms with Gasteiger partial charge >= 0.3 is 6.18 Å². The molecule has 0 radical (unpaired) electrons. The predicted molar refractivity (Wildman–Crippen MR) is 150 cm³/mol. The first-order valence-electron chi connectivity index (χ1n) is 12.2. The number of carbonyl (C=O) groups excluding carboxylic acids is 1. The smallest absolute Gasteiger partial charge is 0.416 e. The number of phenols is 1. The van der Waals surface area contributed by atoms with Gasteiger partial charge < -0.3 is 15.1 Å². The lowest BCUT2D eigenvalue weighted by molar-refractivity contribution is -0.138. The highest BCUT2D eigenvalue weighted by Gasteiger charge is 2.34. The first-order valence-corrected chi connectivity index (χ1v) is 13.7. The van der Waals surface area contributed by atoms with Gasteiger partial charge in [0.1, 0.15) is 21.5 Å². The van der Waals surface area contributed by atoms with E-state index in [0.717, 1.165) is 6.07 Å². The molecule has 1 aliphatic rings. The van der Waals surface area contributed by atoms with Crippen LogP contribution in [0.25, 0.3) is 17.0 Å². The summed E-state index contributed by atoms with van der Waals surface area (Å²) < 4.78 is 55.2. The molecule has 5 rings (SSSR count). The minimum absolute atomic E-state index is 0.00332. The molecule has 0 saturated heterocycles. The molecule has 1 aromatic heterocycles. The number of aliphatic hydroxyl groups is 1. The number of rotatable bonds is 6. The van der Waals surface area contributed by atoms with Crippen LogP contribution in [0.3, 0.4) is 0 Å². The molecule has 4 aromatic rings. The largest absolute Gasteiger partial charge is 0.508 e. The molecule has 8 nitrogen and oxygen atoms in total. The summed E-state index contributed by atoms with van der Waals surface area (Å²) >= 11 is 5.78. The van der Waals surface area contributed by atoms with Gasteiger partial charge in [-0.3, -0.25) is 9.48 Å². The quantitative estimate of drug-likeness (QED) is 0.297. The first-order chi connectivity index (χ1) is 19.4. The standard InChI is InChI=1S/C28H22ClF3N4O4S/c1-35(15-24(38)17-4-7-21(37)8-5-17)27-34-26(39)25(41(27)40)11-16-2-9-23-19(10-16)13-33-36(23)14-18-3-6-20(29)12-22(18)28(30,31)32/h2-13,24,37-38H,14-15H2,1H3/t24?,41-/m0/s1. The molecule has 1 aliphatic heterocycles. The summed E-state index contributed by atoms with van der Waals surface area (Å²) in [5, 5.41) is 24.8. The third-order valence-corrected chi connectivity index (χ3v) is 8.15. The normalized spacial score (nSPS) is 17.3. The van der Waals surface area contributed by atoms with E-state index in [4.69, 9.17) is 11.6 Å². The second-order valence-corrected chi connectivity index (χ2v) is 11.2. The van der Waals surface area contributed by atoms with E-state index in [1.165, 1.54) is 46.1 Å². The number of likely N-dealkylation sites (N-methyl/N-ethyl adjacent to an activating group) is 1. The zero-order chi connectivity index (χ0) is 29.5. The Bertz CT molecular complexity index is 1730. The lowest BCUT2D eigenvalue weighted by Crippen LogP contribution is -2.32. The van der Waals surface area contributed by atoms with E-state index < -0.39 is 34.6 Å². The lowest BCUT2D eigenvalue weighted by Gasteiger charge is -2.21. The Labute approximate surface area is 239 Å². The molecule has 41 heavy (non-hydrogen) atoms. The van der Waals surface area contributed by atoms with Gasteiger partial charge in [-0.1, -0.05) is 35.9 Å². The number of alkyl halides is 3. The zero-order valence-electron chi connectivity index (χ0n) is 21.3. The monoisotopic (exact) mass is 602 g/mol. The molecule has 0 spiro atoms. The Morgan fingerprint density at radius 3 is 2.56 bits per heavy atom. The molecular weight excluding hydrogens is 581 g/mol. The van der Waals surface area contributed by atoms with E-state index in [9.17, 15) is 32.4 Å². The zero-order valence-corrected chi connectivity index (χ0v) is 22.9. The third-order valence-electron chi connectivity index (χ3n) is 6.49. The first kappa shape index (κ1) is 28.5. The fourth-order valence-corrected chi connectivity index (χ4v) is 5.77. The summed E-state index contributed by atoms with van der Waals surface area (Å²) in [5.41, 5.74) is 0.789. The molecule has 0 aliphatic carbocycles. The molecule has 2 N–H and O–H groups in total. The van der Waals surface area contributed by atoms with Crippen LogP contribution in [0.2, 0.25) is 5.02 Å². The van der Waals surface area contributed by atoms with Crippen LogP contribution < -0.4 is 0 Å². The number of carbonyl (C=O) groups is 1. The summed E-state index contributed by atoms with van der Waals surface area (Å²) in [6.07, 6.45) is -2.63. The topological polar surface area (TPSA) is 108 Å². The summed E-state index contributed by atoms with van der Waals surface area (Å²) in [7, 11) is -0.348. The van der Waals surface area contributed by atoms with Crippen LogP contribution in [-0.2, 0) is 28.3 Å². The van der Waals surface area contributed by atoms with Crippen LogP contribution in [0.1, 0.15) is 28.4 Å². The van der Waals surface area contributed by atoms with E-state index in [2.05, 4.69) is 10.1 Å². The number of aromatic hydroxyl groups is 1. The highest BCUT2D eigenvalue weighted by Crippen LogP contribution is 2.34. The maximum Gasteiger partial charge on any atom is 0.416 e. The van der Waals surface area contributed by atoms with Crippen molar-refractivity contribution in [1.82, 2.24) is 14.7 Å².